The molecule has 0 heterocycles. The van der Waals surface area contributed by atoms with Gasteiger partial charge >= 0.3 is 5.97 Å². The Balaban J connectivity index is 2.52. The van der Waals surface area contributed by atoms with Crippen LogP contribution in [0, 0.1) is 0 Å². The standard InChI is InChI=1S/C14H17NO4/c1-10(16)7-8-12(14(18)19)15-13(17)9-11-5-3-2-4-6-11/h2-6,12H,7-9H2,1H3,(H,15,17)(H,18,19)/t12-/m0/s1. The van der Waals surface area contributed by atoms with E-state index in [1.807, 2.05) is 18.2 Å². The number of hydrogen-bond donors (Lipinski definition) is 2. The molecule has 0 unspecified atom stereocenters. The first-order valence-electron chi connectivity index (χ1n) is 6.04. The van der Waals surface area contributed by atoms with E-state index >= 15 is 0 Å². The molecule has 1 aromatic carbocycles. The summed E-state index contributed by atoms with van der Waals surface area (Å²) in [7, 11) is 0. The van der Waals surface area contributed by atoms with Crippen molar-refractivity contribution in [1.29, 1.82) is 0 Å². The Morgan fingerprint density at radius 1 is 1.21 bits per heavy atom. The number of nitrogens with one attached hydrogen (secondary N) is 1. The first-order valence-corrected chi connectivity index (χ1v) is 6.04. The average Bonchev–Trinajstić information content (AvgIpc) is 2.35. The number of carbonyl (C=O) groups excluding carboxylic acids is 2. The van der Waals surface area contributed by atoms with Gasteiger partial charge in [-0.1, -0.05) is 30.3 Å². The quantitative estimate of drug-likeness (QED) is 0.773. The van der Waals surface area contributed by atoms with Gasteiger partial charge < -0.3 is 15.2 Å². The highest BCUT2D eigenvalue weighted by Gasteiger charge is 2.20. The first kappa shape index (κ1) is 14.9. The Hall–Kier alpha value is -2.17. The minimum Gasteiger partial charge on any atom is -0.480 e. The fourth-order valence-corrected chi connectivity index (χ4v) is 1.63. The number of Topliss-reactive ketones (excluding diaryl/α,β-unsaturated/α-hetero) is 1. The molecule has 1 atom stereocenters. The molecule has 5 heteroatoms. The van der Waals surface area contributed by atoms with E-state index in [2.05, 4.69) is 5.32 Å². The number of carboxylic acids is 1. The molecule has 1 aromatic rings. The van der Waals surface area contributed by atoms with E-state index in [9.17, 15) is 14.4 Å². The van der Waals surface area contributed by atoms with Gasteiger partial charge in [-0.2, -0.15) is 0 Å². The molecule has 0 spiro atoms. The third-order valence-electron chi connectivity index (χ3n) is 2.63. The summed E-state index contributed by atoms with van der Waals surface area (Å²) in [5, 5.41) is 11.4. The van der Waals surface area contributed by atoms with Crippen molar-refractivity contribution >= 4 is 17.7 Å². The van der Waals surface area contributed by atoms with Crippen LogP contribution in [-0.4, -0.2) is 28.8 Å². The number of ketones is 1. The highest BCUT2D eigenvalue weighted by Crippen LogP contribution is 2.02. The molecule has 0 aliphatic rings. The molecule has 2 N–H and O–H groups in total. The zero-order valence-electron chi connectivity index (χ0n) is 10.8. The molecule has 1 rings (SSSR count). The maximum atomic E-state index is 11.7. The lowest BCUT2D eigenvalue weighted by molar-refractivity contribution is -0.142. The highest BCUT2D eigenvalue weighted by atomic mass is 16.4. The number of benzene rings is 1. The lowest BCUT2D eigenvalue weighted by Gasteiger charge is -2.13. The van der Waals surface area contributed by atoms with Crippen molar-refractivity contribution in [2.45, 2.75) is 32.2 Å². The van der Waals surface area contributed by atoms with Gasteiger partial charge in [-0.15, -0.1) is 0 Å². The number of rotatable bonds is 7. The van der Waals surface area contributed by atoms with Crippen molar-refractivity contribution in [3.8, 4) is 0 Å². The van der Waals surface area contributed by atoms with Gasteiger partial charge in [-0.05, 0) is 18.9 Å². The minimum atomic E-state index is -1.12. The van der Waals surface area contributed by atoms with Gasteiger partial charge in [0.15, 0.2) is 0 Å². The molecule has 19 heavy (non-hydrogen) atoms. The Morgan fingerprint density at radius 2 is 1.84 bits per heavy atom. The predicted molar refractivity (Wildman–Crippen MR) is 69.6 cm³/mol. The molecular weight excluding hydrogens is 246 g/mol. The lowest BCUT2D eigenvalue weighted by atomic mass is 10.1. The Labute approximate surface area is 111 Å². The maximum absolute atomic E-state index is 11.7. The molecule has 0 fully saturated rings. The summed E-state index contributed by atoms with van der Waals surface area (Å²) in [4.78, 5) is 33.5. The molecular formula is C14H17NO4. The Kier molecular flexibility index (Phi) is 5.73. The van der Waals surface area contributed by atoms with Crippen LogP contribution in [0.3, 0.4) is 0 Å². The molecule has 102 valence electrons. The largest absolute Gasteiger partial charge is 0.480 e. The van der Waals surface area contributed by atoms with E-state index in [4.69, 9.17) is 5.11 Å². The topological polar surface area (TPSA) is 83.5 Å². The van der Waals surface area contributed by atoms with Gasteiger partial charge in [0.25, 0.3) is 0 Å². The number of carboxylic acid groups (broad SMARTS) is 1. The van der Waals surface area contributed by atoms with Crippen LogP contribution in [0.4, 0.5) is 0 Å². The normalized spacial score (nSPS) is 11.6. The number of aliphatic carboxylic acids is 1. The maximum Gasteiger partial charge on any atom is 0.326 e. The predicted octanol–water partition coefficient (Wildman–Crippen LogP) is 1.17. The van der Waals surface area contributed by atoms with Crippen LogP contribution >= 0.6 is 0 Å². The molecule has 1 amide bonds. The second-order valence-corrected chi connectivity index (χ2v) is 4.36. The molecule has 0 radical (unpaired) electrons. The first-order chi connectivity index (χ1) is 8.99. The molecule has 0 bridgehead atoms. The SMILES string of the molecule is CC(=O)CC[C@H](NC(=O)Cc1ccccc1)C(=O)O. The van der Waals surface area contributed by atoms with E-state index in [0.717, 1.165) is 5.56 Å². The van der Waals surface area contributed by atoms with Crippen molar-refractivity contribution in [2.75, 3.05) is 0 Å². The van der Waals surface area contributed by atoms with Crippen LogP contribution in [0.25, 0.3) is 0 Å². The van der Waals surface area contributed by atoms with Crippen molar-refractivity contribution < 1.29 is 19.5 Å². The van der Waals surface area contributed by atoms with E-state index in [-0.39, 0.29) is 31.0 Å². The number of carbonyl (C=O) groups is 3. The Morgan fingerprint density at radius 3 is 2.37 bits per heavy atom. The van der Waals surface area contributed by atoms with E-state index in [1.54, 1.807) is 12.1 Å². The van der Waals surface area contributed by atoms with Crippen molar-refractivity contribution in [3.63, 3.8) is 0 Å². The van der Waals surface area contributed by atoms with E-state index in [1.165, 1.54) is 6.92 Å². The van der Waals surface area contributed by atoms with Gasteiger partial charge in [0, 0.05) is 6.42 Å². The zero-order chi connectivity index (χ0) is 14.3. The second kappa shape index (κ2) is 7.31. The molecule has 0 aliphatic heterocycles. The number of hydrogen-bond acceptors (Lipinski definition) is 3. The molecule has 0 aromatic heterocycles. The van der Waals surface area contributed by atoms with E-state index in [0.29, 0.717) is 0 Å². The smallest absolute Gasteiger partial charge is 0.326 e. The summed E-state index contributed by atoms with van der Waals surface area (Å²) < 4.78 is 0. The van der Waals surface area contributed by atoms with Crippen LogP contribution in [0.2, 0.25) is 0 Å². The summed E-state index contributed by atoms with van der Waals surface area (Å²) in [5.74, 6) is -1.58. The van der Waals surface area contributed by atoms with Gasteiger partial charge in [0.2, 0.25) is 5.91 Å². The lowest BCUT2D eigenvalue weighted by Crippen LogP contribution is -2.41. The summed E-state index contributed by atoms with van der Waals surface area (Å²) in [6, 6.07) is 8.05. The van der Waals surface area contributed by atoms with Crippen molar-refractivity contribution in [3.05, 3.63) is 35.9 Å². The average molecular weight is 263 g/mol. The monoisotopic (exact) mass is 263 g/mol. The Bertz CT molecular complexity index is 456. The van der Waals surface area contributed by atoms with Crippen molar-refractivity contribution in [1.82, 2.24) is 5.32 Å². The van der Waals surface area contributed by atoms with Crippen LogP contribution in [-0.2, 0) is 20.8 Å². The van der Waals surface area contributed by atoms with Crippen LogP contribution in [0.5, 0.6) is 0 Å². The van der Waals surface area contributed by atoms with Crippen LogP contribution in [0.15, 0.2) is 30.3 Å². The summed E-state index contributed by atoms with van der Waals surface area (Å²) in [6.45, 7) is 1.39. The zero-order valence-corrected chi connectivity index (χ0v) is 10.8. The highest BCUT2D eigenvalue weighted by molar-refractivity contribution is 5.85. The molecule has 0 saturated carbocycles. The molecule has 0 saturated heterocycles. The van der Waals surface area contributed by atoms with Gasteiger partial charge in [0.05, 0.1) is 6.42 Å². The summed E-state index contributed by atoms with van der Waals surface area (Å²) >= 11 is 0. The van der Waals surface area contributed by atoms with E-state index < -0.39 is 12.0 Å². The van der Waals surface area contributed by atoms with Gasteiger partial charge in [-0.25, -0.2) is 4.79 Å². The second-order valence-electron chi connectivity index (χ2n) is 4.36. The third-order valence-corrected chi connectivity index (χ3v) is 2.63. The summed E-state index contributed by atoms with van der Waals surface area (Å²) in [5.41, 5.74) is 0.815. The van der Waals surface area contributed by atoms with Gasteiger partial charge in [0.1, 0.15) is 11.8 Å². The van der Waals surface area contributed by atoms with Gasteiger partial charge in [-0.3, -0.25) is 4.79 Å². The minimum absolute atomic E-state index is 0.0939. The molecule has 5 nitrogen and oxygen atoms in total. The van der Waals surface area contributed by atoms with Crippen LogP contribution < -0.4 is 5.32 Å². The summed E-state index contributed by atoms with van der Waals surface area (Å²) in [6.07, 6.45) is 0.387. The number of amides is 1. The fourth-order valence-electron chi connectivity index (χ4n) is 1.63. The fraction of sp³-hybridized carbons (Fsp3) is 0.357. The third kappa shape index (κ3) is 5.81. The molecule has 0 aliphatic carbocycles. The van der Waals surface area contributed by atoms with Crippen molar-refractivity contribution in [2.24, 2.45) is 0 Å². The van der Waals surface area contributed by atoms with Crippen LogP contribution in [0.1, 0.15) is 25.3 Å².